The molecule has 148 valence electrons. The SMILES string of the molecule is Cc1cccc(F)c1-c1ccc2c(Cl)c(C(=O)N3CC4(CCC(=O)N4)C3)sc2c1. The highest BCUT2D eigenvalue weighted by Crippen LogP contribution is 2.41. The lowest BCUT2D eigenvalue weighted by Gasteiger charge is -2.47. The van der Waals surface area contributed by atoms with Crippen LogP contribution in [0.1, 0.15) is 28.1 Å². The first-order valence-electron chi connectivity index (χ1n) is 9.45. The maximum atomic E-state index is 14.4. The Morgan fingerprint density at radius 2 is 2.07 bits per heavy atom. The van der Waals surface area contributed by atoms with Crippen molar-refractivity contribution in [2.75, 3.05) is 13.1 Å². The van der Waals surface area contributed by atoms with Gasteiger partial charge in [-0.25, -0.2) is 4.39 Å². The summed E-state index contributed by atoms with van der Waals surface area (Å²) >= 11 is 7.86. The number of amides is 2. The molecule has 1 spiro atoms. The van der Waals surface area contributed by atoms with E-state index in [1.807, 2.05) is 31.2 Å². The van der Waals surface area contributed by atoms with Crippen LogP contribution in [0.15, 0.2) is 36.4 Å². The smallest absolute Gasteiger partial charge is 0.265 e. The van der Waals surface area contributed by atoms with E-state index in [2.05, 4.69) is 5.32 Å². The van der Waals surface area contributed by atoms with Crippen LogP contribution in [0.4, 0.5) is 4.39 Å². The van der Waals surface area contributed by atoms with Crippen LogP contribution in [0.25, 0.3) is 21.2 Å². The number of likely N-dealkylation sites (tertiary alicyclic amines) is 1. The Morgan fingerprint density at radius 1 is 1.28 bits per heavy atom. The van der Waals surface area contributed by atoms with Crippen molar-refractivity contribution in [1.29, 1.82) is 0 Å². The third kappa shape index (κ3) is 2.93. The summed E-state index contributed by atoms with van der Waals surface area (Å²) in [4.78, 5) is 26.7. The van der Waals surface area contributed by atoms with Crippen LogP contribution in [0.3, 0.4) is 0 Å². The van der Waals surface area contributed by atoms with Gasteiger partial charge in [-0.3, -0.25) is 9.59 Å². The zero-order valence-electron chi connectivity index (χ0n) is 15.7. The summed E-state index contributed by atoms with van der Waals surface area (Å²) in [5.74, 6) is -0.340. The van der Waals surface area contributed by atoms with E-state index in [9.17, 15) is 14.0 Å². The van der Waals surface area contributed by atoms with Crippen molar-refractivity contribution in [1.82, 2.24) is 10.2 Å². The first kappa shape index (κ1) is 18.6. The summed E-state index contributed by atoms with van der Waals surface area (Å²) in [5.41, 5.74) is 1.92. The van der Waals surface area contributed by atoms with Crippen molar-refractivity contribution in [3.63, 3.8) is 0 Å². The van der Waals surface area contributed by atoms with Crippen LogP contribution in [-0.2, 0) is 4.79 Å². The molecule has 2 aromatic carbocycles. The van der Waals surface area contributed by atoms with Crippen LogP contribution in [0.5, 0.6) is 0 Å². The van der Waals surface area contributed by atoms with Crippen LogP contribution in [-0.4, -0.2) is 35.3 Å². The minimum atomic E-state index is -0.271. The molecule has 0 bridgehead atoms. The number of thiophene rings is 1. The fourth-order valence-electron chi connectivity index (χ4n) is 4.34. The van der Waals surface area contributed by atoms with Crippen molar-refractivity contribution in [2.45, 2.75) is 25.3 Å². The van der Waals surface area contributed by atoms with E-state index in [0.29, 0.717) is 35.0 Å². The Bertz CT molecular complexity index is 1160. The Labute approximate surface area is 176 Å². The Kier molecular flexibility index (Phi) is 4.19. The zero-order chi connectivity index (χ0) is 20.3. The third-order valence-electron chi connectivity index (χ3n) is 5.84. The average Bonchev–Trinajstić information content (AvgIpc) is 3.20. The van der Waals surface area contributed by atoms with Gasteiger partial charge in [0.05, 0.1) is 10.6 Å². The van der Waals surface area contributed by atoms with E-state index in [0.717, 1.165) is 27.6 Å². The number of nitrogens with zero attached hydrogens (tertiary/aromatic N) is 1. The van der Waals surface area contributed by atoms with Crippen LogP contribution < -0.4 is 5.32 Å². The molecule has 0 atom stereocenters. The highest BCUT2D eigenvalue weighted by atomic mass is 35.5. The number of carbonyl (C=O) groups excluding carboxylic acids is 2. The van der Waals surface area contributed by atoms with Gasteiger partial charge in [0.2, 0.25) is 5.91 Å². The van der Waals surface area contributed by atoms with Crippen molar-refractivity contribution >= 4 is 44.8 Å². The highest BCUT2D eigenvalue weighted by Gasteiger charge is 2.49. The number of nitrogens with one attached hydrogen (secondary N) is 1. The van der Waals surface area contributed by atoms with Crippen LogP contribution in [0.2, 0.25) is 5.02 Å². The first-order chi connectivity index (χ1) is 13.9. The number of benzene rings is 2. The van der Waals surface area contributed by atoms with Gasteiger partial charge in [-0.1, -0.05) is 35.9 Å². The van der Waals surface area contributed by atoms with E-state index >= 15 is 0 Å². The first-order valence-corrected chi connectivity index (χ1v) is 10.6. The summed E-state index contributed by atoms with van der Waals surface area (Å²) in [6.07, 6.45) is 1.28. The second-order valence-corrected chi connectivity index (χ2v) is 9.31. The van der Waals surface area contributed by atoms with Crippen LogP contribution >= 0.6 is 22.9 Å². The largest absolute Gasteiger partial charge is 0.347 e. The minimum Gasteiger partial charge on any atom is -0.347 e. The van der Waals surface area contributed by atoms with Gasteiger partial charge in [0, 0.05) is 35.2 Å². The highest BCUT2D eigenvalue weighted by molar-refractivity contribution is 7.21. The number of carbonyl (C=O) groups is 2. The summed E-state index contributed by atoms with van der Waals surface area (Å²) in [6.45, 7) is 2.91. The van der Waals surface area contributed by atoms with Gasteiger partial charge in [0.15, 0.2) is 0 Å². The molecular formula is C22H18ClFN2O2S. The molecule has 2 fully saturated rings. The topological polar surface area (TPSA) is 49.4 Å². The summed E-state index contributed by atoms with van der Waals surface area (Å²) < 4.78 is 15.2. The van der Waals surface area contributed by atoms with Crippen molar-refractivity contribution in [3.05, 3.63) is 57.7 Å². The molecule has 0 aliphatic carbocycles. The monoisotopic (exact) mass is 428 g/mol. The molecule has 0 unspecified atom stereocenters. The maximum Gasteiger partial charge on any atom is 0.265 e. The number of rotatable bonds is 2. The Hall–Kier alpha value is -2.44. The predicted molar refractivity (Wildman–Crippen MR) is 113 cm³/mol. The second kappa shape index (κ2) is 6.54. The van der Waals surface area contributed by atoms with Gasteiger partial charge in [-0.2, -0.15) is 0 Å². The molecule has 5 rings (SSSR count). The zero-order valence-corrected chi connectivity index (χ0v) is 17.3. The van der Waals surface area contributed by atoms with Crippen molar-refractivity contribution in [3.8, 4) is 11.1 Å². The third-order valence-corrected chi connectivity index (χ3v) is 7.49. The van der Waals surface area contributed by atoms with Gasteiger partial charge in [0.25, 0.3) is 5.91 Å². The van der Waals surface area contributed by atoms with Gasteiger partial charge in [-0.05, 0) is 36.6 Å². The van der Waals surface area contributed by atoms with E-state index in [1.54, 1.807) is 11.0 Å². The summed E-state index contributed by atoms with van der Waals surface area (Å²) in [7, 11) is 0. The lowest BCUT2D eigenvalue weighted by molar-refractivity contribution is -0.120. The summed E-state index contributed by atoms with van der Waals surface area (Å²) in [6, 6.07) is 10.6. The van der Waals surface area contributed by atoms with E-state index < -0.39 is 0 Å². The van der Waals surface area contributed by atoms with Gasteiger partial charge in [-0.15, -0.1) is 11.3 Å². The lowest BCUT2D eigenvalue weighted by atomic mass is 9.88. The molecule has 3 heterocycles. The van der Waals surface area contributed by atoms with Crippen molar-refractivity contribution < 1.29 is 14.0 Å². The Morgan fingerprint density at radius 3 is 2.76 bits per heavy atom. The number of hydrogen-bond donors (Lipinski definition) is 1. The van der Waals surface area contributed by atoms with E-state index in [4.69, 9.17) is 11.6 Å². The molecule has 3 aromatic rings. The molecule has 2 aliphatic rings. The normalized spacial score (nSPS) is 17.6. The fraction of sp³-hybridized carbons (Fsp3) is 0.273. The van der Waals surface area contributed by atoms with Gasteiger partial charge >= 0.3 is 0 Å². The van der Waals surface area contributed by atoms with E-state index in [-0.39, 0.29) is 23.2 Å². The average molecular weight is 429 g/mol. The molecule has 0 saturated carbocycles. The number of halogens is 2. The molecule has 2 amide bonds. The number of hydrogen-bond acceptors (Lipinski definition) is 3. The summed E-state index contributed by atoms with van der Waals surface area (Å²) in [5, 5.41) is 4.21. The second-order valence-electron chi connectivity index (χ2n) is 7.88. The lowest BCUT2D eigenvalue weighted by Crippen LogP contribution is -2.68. The molecule has 2 saturated heterocycles. The number of fused-ring (bicyclic) bond motifs is 1. The Balaban J connectivity index is 1.46. The maximum absolute atomic E-state index is 14.4. The molecule has 1 aromatic heterocycles. The molecular weight excluding hydrogens is 411 g/mol. The van der Waals surface area contributed by atoms with E-state index in [1.165, 1.54) is 17.4 Å². The quantitative estimate of drug-likeness (QED) is 0.639. The molecule has 0 radical (unpaired) electrons. The molecule has 2 aliphatic heterocycles. The van der Waals surface area contributed by atoms with Gasteiger partial charge in [0.1, 0.15) is 10.7 Å². The number of aryl methyl sites for hydroxylation is 1. The fourth-order valence-corrected chi connectivity index (χ4v) is 5.86. The van der Waals surface area contributed by atoms with Crippen molar-refractivity contribution in [2.24, 2.45) is 0 Å². The molecule has 7 heteroatoms. The molecule has 1 N–H and O–H groups in total. The minimum absolute atomic E-state index is 0.0490. The molecule has 29 heavy (non-hydrogen) atoms. The molecule has 4 nitrogen and oxygen atoms in total. The van der Waals surface area contributed by atoms with Crippen LogP contribution in [0, 0.1) is 12.7 Å². The predicted octanol–water partition coefficient (Wildman–Crippen LogP) is 4.77. The van der Waals surface area contributed by atoms with Gasteiger partial charge < -0.3 is 10.2 Å². The standard InChI is InChI=1S/C22H18ClFN2O2S/c1-12-3-2-4-15(24)18(12)13-5-6-14-16(9-13)29-20(19(14)23)21(28)26-10-22(11-26)8-7-17(27)25-22/h2-6,9H,7-8,10-11H2,1H3,(H,25,27).